The maximum atomic E-state index is 13.1. The van der Waals surface area contributed by atoms with Gasteiger partial charge in [-0.15, -0.1) is 0 Å². The van der Waals surface area contributed by atoms with Gasteiger partial charge in [0.25, 0.3) is 5.69 Å². The monoisotopic (exact) mass is 447 g/mol. The van der Waals surface area contributed by atoms with Gasteiger partial charge >= 0.3 is 0 Å². The third-order valence-electron chi connectivity index (χ3n) is 5.45. The minimum Gasteiger partial charge on any atom is -0.496 e. The van der Waals surface area contributed by atoms with E-state index in [9.17, 15) is 23.3 Å². The summed E-state index contributed by atoms with van der Waals surface area (Å²) in [6, 6.07) is 8.92. The summed E-state index contributed by atoms with van der Waals surface area (Å²) in [5.74, 6) is -0.307. The molecule has 1 atom stereocenters. The van der Waals surface area contributed by atoms with Crippen molar-refractivity contribution in [2.75, 3.05) is 25.5 Å². The van der Waals surface area contributed by atoms with Crippen LogP contribution in [0.2, 0.25) is 0 Å². The van der Waals surface area contributed by atoms with Crippen LogP contribution in [0.1, 0.15) is 24.0 Å². The van der Waals surface area contributed by atoms with E-state index in [-0.39, 0.29) is 23.0 Å². The van der Waals surface area contributed by atoms with Crippen LogP contribution in [0.15, 0.2) is 41.3 Å². The van der Waals surface area contributed by atoms with Crippen molar-refractivity contribution in [2.45, 2.75) is 31.6 Å². The number of sulfonamides is 1. The molecule has 1 N–H and O–H groups in total. The summed E-state index contributed by atoms with van der Waals surface area (Å²) in [6.45, 7) is 3.88. The number of nitro benzene ring substituents is 1. The Kier molecular flexibility index (Phi) is 6.61. The van der Waals surface area contributed by atoms with E-state index in [2.05, 4.69) is 5.32 Å². The molecule has 31 heavy (non-hydrogen) atoms. The third kappa shape index (κ3) is 4.86. The number of non-ortho nitro benzene ring substituents is 1. The fourth-order valence-corrected chi connectivity index (χ4v) is 5.24. The second kappa shape index (κ2) is 9.03. The number of nitro groups is 1. The number of ether oxygens (including phenoxy) is 1. The van der Waals surface area contributed by atoms with Crippen LogP contribution in [-0.2, 0) is 14.8 Å². The first-order chi connectivity index (χ1) is 14.6. The molecular formula is C21H25N3O6S. The summed E-state index contributed by atoms with van der Waals surface area (Å²) in [6.07, 6.45) is 1.08. The van der Waals surface area contributed by atoms with Crippen molar-refractivity contribution >= 4 is 27.3 Å². The molecule has 3 rings (SSSR count). The predicted molar refractivity (Wildman–Crippen MR) is 116 cm³/mol. The second-order valence-corrected chi connectivity index (χ2v) is 9.52. The van der Waals surface area contributed by atoms with Crippen molar-refractivity contribution in [2.24, 2.45) is 5.92 Å². The standard InChI is InChI=1S/C21H25N3O6S/c1-14-6-7-17(24(26)27)12-19(14)22-21(25)16-5-4-10-23(13-16)31(28,29)18-8-9-20(30-3)15(2)11-18/h6-9,11-12,16H,4-5,10,13H2,1-3H3,(H,22,25)/t16-/m1/s1. The number of nitrogens with zero attached hydrogens (tertiary/aromatic N) is 2. The first-order valence-corrected chi connectivity index (χ1v) is 11.3. The summed E-state index contributed by atoms with van der Waals surface area (Å²) < 4.78 is 32.7. The van der Waals surface area contributed by atoms with E-state index in [4.69, 9.17) is 4.74 Å². The number of hydrogen-bond donors (Lipinski definition) is 1. The predicted octanol–water partition coefficient (Wildman–Crippen LogP) is 3.26. The summed E-state index contributed by atoms with van der Waals surface area (Å²) in [5.41, 5.74) is 1.62. The summed E-state index contributed by atoms with van der Waals surface area (Å²) >= 11 is 0. The van der Waals surface area contributed by atoms with Crippen LogP contribution in [0.5, 0.6) is 5.75 Å². The van der Waals surface area contributed by atoms with Crippen molar-refractivity contribution in [1.82, 2.24) is 4.31 Å². The van der Waals surface area contributed by atoms with Gasteiger partial charge in [0.05, 0.1) is 28.5 Å². The van der Waals surface area contributed by atoms with E-state index in [1.54, 1.807) is 32.0 Å². The lowest BCUT2D eigenvalue weighted by molar-refractivity contribution is -0.384. The highest BCUT2D eigenvalue weighted by Gasteiger charge is 2.33. The van der Waals surface area contributed by atoms with Gasteiger partial charge in [-0.25, -0.2) is 8.42 Å². The molecule has 0 unspecified atom stereocenters. The van der Waals surface area contributed by atoms with Gasteiger partial charge in [-0.3, -0.25) is 14.9 Å². The van der Waals surface area contributed by atoms with Crippen LogP contribution in [0, 0.1) is 29.9 Å². The highest BCUT2D eigenvalue weighted by atomic mass is 32.2. The van der Waals surface area contributed by atoms with Crippen molar-refractivity contribution in [3.63, 3.8) is 0 Å². The van der Waals surface area contributed by atoms with Crippen LogP contribution in [0.4, 0.5) is 11.4 Å². The Labute approximate surface area is 181 Å². The van der Waals surface area contributed by atoms with Gasteiger partial charge in [-0.2, -0.15) is 4.31 Å². The highest BCUT2D eigenvalue weighted by molar-refractivity contribution is 7.89. The van der Waals surface area contributed by atoms with Crippen LogP contribution >= 0.6 is 0 Å². The number of piperidine rings is 1. The quantitative estimate of drug-likeness (QED) is 0.536. The smallest absolute Gasteiger partial charge is 0.271 e. The molecular weight excluding hydrogens is 422 g/mol. The van der Waals surface area contributed by atoms with Gasteiger partial charge in [-0.1, -0.05) is 6.07 Å². The molecule has 166 valence electrons. The van der Waals surface area contributed by atoms with Crippen molar-refractivity contribution < 1.29 is 22.9 Å². The summed E-state index contributed by atoms with van der Waals surface area (Å²) in [7, 11) is -2.25. The molecule has 2 aromatic carbocycles. The van der Waals surface area contributed by atoms with E-state index < -0.39 is 20.9 Å². The lowest BCUT2D eigenvalue weighted by atomic mass is 9.98. The molecule has 1 aliphatic rings. The lowest BCUT2D eigenvalue weighted by Crippen LogP contribution is -2.43. The number of aryl methyl sites for hydroxylation is 2. The number of nitrogens with one attached hydrogen (secondary N) is 1. The Morgan fingerprint density at radius 2 is 1.94 bits per heavy atom. The maximum absolute atomic E-state index is 13.1. The number of hydrogen-bond acceptors (Lipinski definition) is 6. The minimum absolute atomic E-state index is 0.0488. The van der Waals surface area contributed by atoms with Gasteiger partial charge in [0, 0.05) is 25.2 Å². The van der Waals surface area contributed by atoms with Crippen molar-refractivity contribution in [1.29, 1.82) is 0 Å². The normalized spacial score (nSPS) is 17.2. The number of amides is 1. The van der Waals surface area contributed by atoms with Crippen LogP contribution in [0.3, 0.4) is 0 Å². The maximum Gasteiger partial charge on any atom is 0.271 e. The molecule has 1 aliphatic heterocycles. The molecule has 0 spiro atoms. The van der Waals surface area contributed by atoms with E-state index in [0.717, 1.165) is 0 Å². The van der Waals surface area contributed by atoms with Gasteiger partial charge in [0.1, 0.15) is 5.75 Å². The van der Waals surface area contributed by atoms with E-state index >= 15 is 0 Å². The average Bonchev–Trinajstić information content (AvgIpc) is 2.75. The summed E-state index contributed by atoms with van der Waals surface area (Å²) in [5, 5.41) is 13.7. The number of methoxy groups -OCH3 is 1. The van der Waals surface area contributed by atoms with Crippen molar-refractivity contribution in [3.05, 3.63) is 57.6 Å². The Morgan fingerprint density at radius 3 is 2.58 bits per heavy atom. The Morgan fingerprint density at radius 1 is 1.19 bits per heavy atom. The molecule has 0 bridgehead atoms. The molecule has 0 aliphatic carbocycles. The van der Waals surface area contributed by atoms with E-state index in [1.807, 2.05) is 0 Å². The second-order valence-electron chi connectivity index (χ2n) is 7.58. The fourth-order valence-electron chi connectivity index (χ4n) is 3.63. The lowest BCUT2D eigenvalue weighted by Gasteiger charge is -2.31. The largest absolute Gasteiger partial charge is 0.496 e. The molecule has 2 aromatic rings. The first-order valence-electron chi connectivity index (χ1n) is 9.84. The van der Waals surface area contributed by atoms with Gasteiger partial charge < -0.3 is 10.1 Å². The van der Waals surface area contributed by atoms with Gasteiger partial charge in [0.15, 0.2) is 0 Å². The highest BCUT2D eigenvalue weighted by Crippen LogP contribution is 2.28. The molecule has 1 fully saturated rings. The van der Waals surface area contributed by atoms with Crippen LogP contribution in [0.25, 0.3) is 0 Å². The number of benzene rings is 2. The minimum atomic E-state index is -3.77. The number of rotatable bonds is 6. The number of carbonyl (C=O) groups is 1. The zero-order chi connectivity index (χ0) is 22.8. The molecule has 9 nitrogen and oxygen atoms in total. The molecule has 0 saturated carbocycles. The molecule has 0 aromatic heterocycles. The Hall–Kier alpha value is -2.98. The molecule has 1 amide bonds. The van der Waals surface area contributed by atoms with Gasteiger partial charge in [-0.05, 0) is 56.0 Å². The first kappa shape index (κ1) is 22.7. The van der Waals surface area contributed by atoms with Crippen molar-refractivity contribution in [3.8, 4) is 5.75 Å². The van der Waals surface area contributed by atoms with Gasteiger partial charge in [0.2, 0.25) is 15.9 Å². The molecule has 10 heteroatoms. The Balaban J connectivity index is 1.77. The molecule has 1 heterocycles. The number of anilines is 1. The van der Waals surface area contributed by atoms with Crippen LogP contribution < -0.4 is 10.1 Å². The molecule has 0 radical (unpaired) electrons. The topological polar surface area (TPSA) is 119 Å². The SMILES string of the molecule is COc1ccc(S(=O)(=O)N2CCC[C@@H](C(=O)Nc3cc([N+](=O)[O-])ccc3C)C2)cc1C. The van der Waals surface area contributed by atoms with E-state index in [0.29, 0.717) is 42.0 Å². The zero-order valence-corrected chi connectivity index (χ0v) is 18.4. The van der Waals surface area contributed by atoms with E-state index in [1.165, 1.54) is 29.6 Å². The molecule has 1 saturated heterocycles. The zero-order valence-electron chi connectivity index (χ0n) is 17.6. The number of carbonyl (C=O) groups excluding carboxylic acids is 1. The summed E-state index contributed by atoms with van der Waals surface area (Å²) in [4.78, 5) is 23.5. The fraction of sp³-hybridized carbons (Fsp3) is 0.381. The Bertz CT molecular complexity index is 1120. The van der Waals surface area contributed by atoms with Crippen LogP contribution in [-0.4, -0.2) is 43.8 Å². The third-order valence-corrected chi connectivity index (χ3v) is 7.31. The average molecular weight is 448 g/mol.